The smallest absolute Gasteiger partial charge is 0.248 e. The highest BCUT2D eigenvalue weighted by atomic mass is 16.5. The Kier molecular flexibility index (Phi) is 2.99. The van der Waals surface area contributed by atoms with Gasteiger partial charge in [0, 0.05) is 5.56 Å². The van der Waals surface area contributed by atoms with Gasteiger partial charge in [-0.15, -0.1) is 0 Å². The molecule has 0 saturated heterocycles. The van der Waals surface area contributed by atoms with E-state index < -0.39 is 5.91 Å². The Labute approximate surface area is 94.3 Å². The molecular weight excluding hydrogens is 206 g/mol. The molecule has 4 heteroatoms. The maximum Gasteiger partial charge on any atom is 0.248 e. The summed E-state index contributed by atoms with van der Waals surface area (Å²) in [5.41, 5.74) is 5.64. The van der Waals surface area contributed by atoms with E-state index >= 15 is 0 Å². The van der Waals surface area contributed by atoms with Crippen LogP contribution in [0.3, 0.4) is 0 Å². The lowest BCUT2D eigenvalue weighted by Crippen LogP contribution is -2.11. The SMILES string of the molecule is COc1ccc(C(N)=O)cc1OCC1CC1. The number of hydrogen-bond acceptors (Lipinski definition) is 3. The average molecular weight is 221 g/mol. The third-order valence-corrected chi connectivity index (χ3v) is 2.62. The van der Waals surface area contributed by atoms with Gasteiger partial charge in [-0.2, -0.15) is 0 Å². The predicted molar refractivity (Wildman–Crippen MR) is 59.7 cm³/mol. The van der Waals surface area contributed by atoms with E-state index in [1.807, 2.05) is 0 Å². The van der Waals surface area contributed by atoms with Crippen LogP contribution in [-0.4, -0.2) is 19.6 Å². The van der Waals surface area contributed by atoms with Crippen LogP contribution in [0.25, 0.3) is 0 Å². The molecule has 0 aliphatic heterocycles. The van der Waals surface area contributed by atoms with E-state index in [1.54, 1.807) is 25.3 Å². The van der Waals surface area contributed by atoms with E-state index in [1.165, 1.54) is 12.8 Å². The molecule has 2 N–H and O–H groups in total. The molecular formula is C12H15NO3. The zero-order chi connectivity index (χ0) is 11.5. The number of primary amides is 1. The molecule has 0 radical (unpaired) electrons. The fourth-order valence-electron chi connectivity index (χ4n) is 1.43. The molecule has 1 fully saturated rings. The highest BCUT2D eigenvalue weighted by Gasteiger charge is 2.22. The van der Waals surface area contributed by atoms with Crippen LogP contribution in [0.15, 0.2) is 18.2 Å². The summed E-state index contributed by atoms with van der Waals surface area (Å²) in [5, 5.41) is 0. The first-order valence-electron chi connectivity index (χ1n) is 5.31. The predicted octanol–water partition coefficient (Wildman–Crippen LogP) is 1.58. The Bertz CT molecular complexity index is 399. The third-order valence-electron chi connectivity index (χ3n) is 2.62. The molecule has 1 aliphatic carbocycles. The zero-order valence-electron chi connectivity index (χ0n) is 9.23. The summed E-state index contributed by atoms with van der Waals surface area (Å²) < 4.78 is 10.8. The molecule has 0 atom stereocenters. The van der Waals surface area contributed by atoms with Crippen molar-refractivity contribution < 1.29 is 14.3 Å². The van der Waals surface area contributed by atoms with Crippen molar-refractivity contribution in [2.45, 2.75) is 12.8 Å². The normalized spacial score (nSPS) is 14.6. The first kappa shape index (κ1) is 10.8. The molecule has 86 valence electrons. The molecule has 0 unspecified atom stereocenters. The number of ether oxygens (including phenoxy) is 2. The lowest BCUT2D eigenvalue weighted by Gasteiger charge is -2.10. The molecule has 0 spiro atoms. The molecule has 1 aromatic rings. The van der Waals surface area contributed by atoms with E-state index in [9.17, 15) is 4.79 Å². The zero-order valence-corrected chi connectivity index (χ0v) is 9.23. The van der Waals surface area contributed by atoms with Crippen LogP contribution in [0, 0.1) is 5.92 Å². The maximum atomic E-state index is 11.0. The van der Waals surface area contributed by atoms with Crippen molar-refractivity contribution in [1.29, 1.82) is 0 Å². The van der Waals surface area contributed by atoms with Crippen LogP contribution < -0.4 is 15.2 Å². The molecule has 0 heterocycles. The van der Waals surface area contributed by atoms with Crippen molar-refractivity contribution in [2.75, 3.05) is 13.7 Å². The summed E-state index contributed by atoms with van der Waals surface area (Å²) in [5.74, 6) is 1.41. The fourth-order valence-corrected chi connectivity index (χ4v) is 1.43. The largest absolute Gasteiger partial charge is 0.493 e. The van der Waals surface area contributed by atoms with Crippen molar-refractivity contribution >= 4 is 5.91 Å². The minimum atomic E-state index is -0.459. The number of nitrogens with two attached hydrogens (primary N) is 1. The number of carbonyl (C=O) groups excluding carboxylic acids is 1. The van der Waals surface area contributed by atoms with Crippen LogP contribution in [0.4, 0.5) is 0 Å². The van der Waals surface area contributed by atoms with E-state index in [-0.39, 0.29) is 0 Å². The van der Waals surface area contributed by atoms with Crippen molar-refractivity contribution in [3.05, 3.63) is 23.8 Å². The highest BCUT2D eigenvalue weighted by Crippen LogP contribution is 2.33. The number of carbonyl (C=O) groups is 1. The van der Waals surface area contributed by atoms with Crippen LogP contribution in [-0.2, 0) is 0 Å². The fraction of sp³-hybridized carbons (Fsp3) is 0.417. The highest BCUT2D eigenvalue weighted by molar-refractivity contribution is 5.93. The van der Waals surface area contributed by atoms with Crippen LogP contribution >= 0.6 is 0 Å². The summed E-state index contributed by atoms with van der Waals surface area (Å²) in [4.78, 5) is 11.0. The number of rotatable bonds is 5. The second kappa shape index (κ2) is 4.43. The third kappa shape index (κ3) is 2.45. The lowest BCUT2D eigenvalue weighted by molar-refractivity contribution is 0.0999. The van der Waals surface area contributed by atoms with Gasteiger partial charge in [-0.3, -0.25) is 4.79 Å². The van der Waals surface area contributed by atoms with Crippen LogP contribution in [0.5, 0.6) is 11.5 Å². The Morgan fingerprint density at radius 1 is 1.44 bits per heavy atom. The van der Waals surface area contributed by atoms with Gasteiger partial charge in [0.2, 0.25) is 5.91 Å². The van der Waals surface area contributed by atoms with Crippen LogP contribution in [0.1, 0.15) is 23.2 Å². The topological polar surface area (TPSA) is 61.5 Å². The first-order valence-corrected chi connectivity index (χ1v) is 5.31. The Hall–Kier alpha value is -1.71. The van der Waals surface area contributed by atoms with E-state index in [0.29, 0.717) is 29.6 Å². The minimum Gasteiger partial charge on any atom is -0.493 e. The number of benzene rings is 1. The van der Waals surface area contributed by atoms with Gasteiger partial charge < -0.3 is 15.2 Å². The summed E-state index contributed by atoms with van der Waals surface area (Å²) in [6, 6.07) is 4.96. The number of methoxy groups -OCH3 is 1. The molecule has 1 amide bonds. The molecule has 1 aliphatic rings. The van der Waals surface area contributed by atoms with Crippen molar-refractivity contribution in [3.63, 3.8) is 0 Å². The van der Waals surface area contributed by atoms with E-state index in [0.717, 1.165) is 0 Å². The standard InChI is InChI=1S/C12H15NO3/c1-15-10-5-4-9(12(13)14)6-11(10)16-7-8-2-3-8/h4-6,8H,2-3,7H2,1H3,(H2,13,14). The summed E-state index contributed by atoms with van der Waals surface area (Å²) >= 11 is 0. The molecule has 16 heavy (non-hydrogen) atoms. The Morgan fingerprint density at radius 2 is 2.19 bits per heavy atom. The maximum absolute atomic E-state index is 11.0. The van der Waals surface area contributed by atoms with Gasteiger partial charge in [0.15, 0.2) is 11.5 Å². The quantitative estimate of drug-likeness (QED) is 0.821. The minimum absolute atomic E-state index is 0.437. The molecule has 0 bridgehead atoms. The van der Waals surface area contributed by atoms with Gasteiger partial charge in [0.05, 0.1) is 13.7 Å². The summed E-state index contributed by atoms with van der Waals surface area (Å²) in [6.07, 6.45) is 2.44. The Morgan fingerprint density at radius 3 is 2.75 bits per heavy atom. The van der Waals surface area contributed by atoms with Gasteiger partial charge in [0.1, 0.15) is 0 Å². The van der Waals surface area contributed by atoms with Gasteiger partial charge in [0.25, 0.3) is 0 Å². The van der Waals surface area contributed by atoms with Gasteiger partial charge in [-0.25, -0.2) is 0 Å². The molecule has 1 aromatic carbocycles. The van der Waals surface area contributed by atoms with Crippen molar-refractivity contribution in [3.8, 4) is 11.5 Å². The van der Waals surface area contributed by atoms with Crippen molar-refractivity contribution in [2.24, 2.45) is 11.7 Å². The monoisotopic (exact) mass is 221 g/mol. The first-order chi connectivity index (χ1) is 7.70. The second-order valence-electron chi connectivity index (χ2n) is 3.98. The summed E-state index contributed by atoms with van der Waals surface area (Å²) in [7, 11) is 1.57. The van der Waals surface area contributed by atoms with Gasteiger partial charge >= 0.3 is 0 Å². The van der Waals surface area contributed by atoms with Crippen molar-refractivity contribution in [1.82, 2.24) is 0 Å². The molecule has 4 nitrogen and oxygen atoms in total. The molecule has 2 rings (SSSR count). The molecule has 0 aromatic heterocycles. The number of amides is 1. The Balaban J connectivity index is 2.16. The van der Waals surface area contributed by atoms with Crippen LogP contribution in [0.2, 0.25) is 0 Å². The molecule has 1 saturated carbocycles. The van der Waals surface area contributed by atoms with Gasteiger partial charge in [-0.05, 0) is 37.0 Å². The number of hydrogen-bond donors (Lipinski definition) is 1. The second-order valence-corrected chi connectivity index (χ2v) is 3.98. The van der Waals surface area contributed by atoms with E-state index in [2.05, 4.69) is 0 Å². The summed E-state index contributed by atoms with van der Waals surface area (Å²) in [6.45, 7) is 0.679. The van der Waals surface area contributed by atoms with Gasteiger partial charge in [-0.1, -0.05) is 0 Å². The average Bonchev–Trinajstić information content (AvgIpc) is 3.09. The van der Waals surface area contributed by atoms with E-state index in [4.69, 9.17) is 15.2 Å². The lowest BCUT2D eigenvalue weighted by atomic mass is 10.2.